The standard InChI is InChI=1S/C14H16O2S/c1-10-13(7-8-17-10)14(15)9-11-3-5-12(16-2)6-4-11/h3-8,14-15H,9H2,1-2H3. The third-order valence-electron chi connectivity index (χ3n) is 2.85. The first kappa shape index (κ1) is 12.1. The molecular formula is C14H16O2S. The van der Waals surface area contributed by atoms with Gasteiger partial charge < -0.3 is 9.84 Å². The van der Waals surface area contributed by atoms with Gasteiger partial charge in [0.05, 0.1) is 13.2 Å². The molecule has 1 heterocycles. The Labute approximate surface area is 105 Å². The maximum Gasteiger partial charge on any atom is 0.118 e. The van der Waals surface area contributed by atoms with E-state index in [1.54, 1.807) is 18.4 Å². The van der Waals surface area contributed by atoms with Gasteiger partial charge in [-0.25, -0.2) is 0 Å². The molecule has 3 heteroatoms. The van der Waals surface area contributed by atoms with Gasteiger partial charge in [-0.3, -0.25) is 0 Å². The van der Waals surface area contributed by atoms with E-state index in [1.807, 2.05) is 42.6 Å². The van der Waals surface area contributed by atoms with Crippen LogP contribution in [0.3, 0.4) is 0 Å². The Balaban J connectivity index is 2.07. The van der Waals surface area contributed by atoms with Crippen LogP contribution < -0.4 is 4.74 Å². The van der Waals surface area contributed by atoms with E-state index in [0.29, 0.717) is 6.42 Å². The Morgan fingerprint density at radius 3 is 2.47 bits per heavy atom. The van der Waals surface area contributed by atoms with E-state index in [0.717, 1.165) is 16.9 Å². The molecular weight excluding hydrogens is 232 g/mol. The summed E-state index contributed by atoms with van der Waals surface area (Å²) in [6.07, 6.45) is 0.219. The lowest BCUT2D eigenvalue weighted by Crippen LogP contribution is -2.01. The number of ether oxygens (including phenoxy) is 1. The highest BCUT2D eigenvalue weighted by atomic mass is 32.1. The number of rotatable bonds is 4. The molecule has 1 aromatic heterocycles. The minimum Gasteiger partial charge on any atom is -0.497 e. The summed E-state index contributed by atoms with van der Waals surface area (Å²) in [6, 6.07) is 9.81. The number of aliphatic hydroxyl groups is 1. The second kappa shape index (κ2) is 5.34. The summed E-state index contributed by atoms with van der Waals surface area (Å²) in [7, 11) is 1.65. The summed E-state index contributed by atoms with van der Waals surface area (Å²) in [5, 5.41) is 12.2. The smallest absolute Gasteiger partial charge is 0.118 e. The Bertz CT molecular complexity index is 473. The second-order valence-corrected chi connectivity index (χ2v) is 5.12. The highest BCUT2D eigenvalue weighted by molar-refractivity contribution is 7.10. The lowest BCUT2D eigenvalue weighted by molar-refractivity contribution is 0.178. The molecule has 1 N–H and O–H groups in total. The van der Waals surface area contributed by atoms with Crippen molar-refractivity contribution in [3.63, 3.8) is 0 Å². The van der Waals surface area contributed by atoms with Crippen LogP contribution in [0.4, 0.5) is 0 Å². The molecule has 2 rings (SSSR count). The SMILES string of the molecule is COc1ccc(CC(O)c2ccsc2C)cc1. The first-order chi connectivity index (χ1) is 8.20. The van der Waals surface area contributed by atoms with E-state index in [4.69, 9.17) is 4.74 Å². The first-order valence-electron chi connectivity index (χ1n) is 5.55. The summed E-state index contributed by atoms with van der Waals surface area (Å²) in [6.45, 7) is 2.04. The van der Waals surface area contributed by atoms with Gasteiger partial charge in [0.1, 0.15) is 5.75 Å². The lowest BCUT2D eigenvalue weighted by atomic mass is 10.0. The Kier molecular flexibility index (Phi) is 3.82. The van der Waals surface area contributed by atoms with Gasteiger partial charge in [0.25, 0.3) is 0 Å². The largest absolute Gasteiger partial charge is 0.497 e. The van der Waals surface area contributed by atoms with Crippen LogP contribution in [0.25, 0.3) is 0 Å². The predicted octanol–water partition coefficient (Wildman–Crippen LogP) is 3.34. The molecule has 0 saturated heterocycles. The molecule has 90 valence electrons. The topological polar surface area (TPSA) is 29.5 Å². The van der Waals surface area contributed by atoms with Crippen LogP contribution in [0.15, 0.2) is 35.7 Å². The fourth-order valence-electron chi connectivity index (χ4n) is 1.84. The van der Waals surface area contributed by atoms with Crippen LogP contribution in [0.5, 0.6) is 5.75 Å². The normalized spacial score (nSPS) is 12.4. The fourth-order valence-corrected chi connectivity index (χ4v) is 2.59. The molecule has 0 aliphatic rings. The molecule has 0 saturated carbocycles. The highest BCUT2D eigenvalue weighted by Gasteiger charge is 2.11. The molecule has 0 fully saturated rings. The van der Waals surface area contributed by atoms with Gasteiger partial charge in [-0.1, -0.05) is 12.1 Å². The molecule has 2 nitrogen and oxygen atoms in total. The summed E-state index contributed by atoms with van der Waals surface area (Å²) >= 11 is 1.67. The summed E-state index contributed by atoms with van der Waals surface area (Å²) in [4.78, 5) is 1.19. The van der Waals surface area contributed by atoms with Crippen molar-refractivity contribution < 1.29 is 9.84 Å². The summed E-state index contributed by atoms with van der Waals surface area (Å²) < 4.78 is 5.10. The van der Waals surface area contributed by atoms with Crippen molar-refractivity contribution in [3.05, 3.63) is 51.7 Å². The monoisotopic (exact) mass is 248 g/mol. The van der Waals surface area contributed by atoms with E-state index in [2.05, 4.69) is 0 Å². The first-order valence-corrected chi connectivity index (χ1v) is 6.43. The zero-order valence-corrected chi connectivity index (χ0v) is 10.8. The van der Waals surface area contributed by atoms with E-state index < -0.39 is 6.10 Å². The minimum absolute atomic E-state index is 0.422. The number of hydrogen-bond donors (Lipinski definition) is 1. The van der Waals surface area contributed by atoms with E-state index >= 15 is 0 Å². The van der Waals surface area contributed by atoms with E-state index in [9.17, 15) is 5.11 Å². The Hall–Kier alpha value is -1.32. The maximum absolute atomic E-state index is 10.1. The molecule has 0 radical (unpaired) electrons. The van der Waals surface area contributed by atoms with Crippen molar-refractivity contribution in [1.29, 1.82) is 0 Å². The van der Waals surface area contributed by atoms with Crippen molar-refractivity contribution >= 4 is 11.3 Å². The van der Waals surface area contributed by atoms with Crippen molar-refractivity contribution in [3.8, 4) is 5.75 Å². The number of aliphatic hydroxyl groups excluding tert-OH is 1. The number of hydrogen-bond acceptors (Lipinski definition) is 3. The van der Waals surface area contributed by atoms with Gasteiger partial charge in [-0.05, 0) is 41.6 Å². The molecule has 1 atom stereocenters. The molecule has 0 aliphatic heterocycles. The maximum atomic E-state index is 10.1. The van der Waals surface area contributed by atoms with Crippen LogP contribution in [-0.2, 0) is 6.42 Å². The zero-order valence-electron chi connectivity index (χ0n) is 10.0. The van der Waals surface area contributed by atoms with Crippen LogP contribution in [0.1, 0.15) is 22.1 Å². The number of methoxy groups -OCH3 is 1. The van der Waals surface area contributed by atoms with Gasteiger partial charge >= 0.3 is 0 Å². The van der Waals surface area contributed by atoms with Gasteiger partial charge in [0.15, 0.2) is 0 Å². The quantitative estimate of drug-likeness (QED) is 0.899. The average molecular weight is 248 g/mol. The molecule has 2 aromatic rings. The van der Waals surface area contributed by atoms with Crippen LogP contribution in [-0.4, -0.2) is 12.2 Å². The molecule has 17 heavy (non-hydrogen) atoms. The molecule has 0 bridgehead atoms. The molecule has 1 unspecified atom stereocenters. The molecule has 1 aromatic carbocycles. The molecule has 0 spiro atoms. The summed E-state index contributed by atoms with van der Waals surface area (Å²) in [5.74, 6) is 0.843. The average Bonchev–Trinajstić information content (AvgIpc) is 2.76. The van der Waals surface area contributed by atoms with Gasteiger partial charge in [0, 0.05) is 11.3 Å². The number of thiophene rings is 1. The Morgan fingerprint density at radius 2 is 1.94 bits per heavy atom. The number of benzene rings is 1. The van der Waals surface area contributed by atoms with Crippen molar-refractivity contribution in [1.82, 2.24) is 0 Å². The predicted molar refractivity (Wildman–Crippen MR) is 70.7 cm³/mol. The minimum atomic E-state index is -0.422. The van der Waals surface area contributed by atoms with Crippen LogP contribution in [0, 0.1) is 6.92 Å². The lowest BCUT2D eigenvalue weighted by Gasteiger charge is -2.11. The summed E-state index contributed by atoms with van der Waals surface area (Å²) in [5.41, 5.74) is 2.15. The zero-order chi connectivity index (χ0) is 12.3. The highest BCUT2D eigenvalue weighted by Crippen LogP contribution is 2.25. The van der Waals surface area contributed by atoms with Gasteiger partial charge in [-0.15, -0.1) is 11.3 Å². The van der Waals surface area contributed by atoms with E-state index in [-0.39, 0.29) is 0 Å². The molecule has 0 amide bonds. The Morgan fingerprint density at radius 1 is 1.24 bits per heavy atom. The van der Waals surface area contributed by atoms with Crippen molar-refractivity contribution in [2.24, 2.45) is 0 Å². The van der Waals surface area contributed by atoms with Crippen LogP contribution in [0.2, 0.25) is 0 Å². The number of aryl methyl sites for hydroxylation is 1. The van der Waals surface area contributed by atoms with Gasteiger partial charge in [0.2, 0.25) is 0 Å². The second-order valence-electron chi connectivity index (χ2n) is 4.00. The van der Waals surface area contributed by atoms with Crippen LogP contribution >= 0.6 is 11.3 Å². The van der Waals surface area contributed by atoms with E-state index in [1.165, 1.54) is 4.88 Å². The third-order valence-corrected chi connectivity index (χ3v) is 3.71. The van der Waals surface area contributed by atoms with Gasteiger partial charge in [-0.2, -0.15) is 0 Å². The third kappa shape index (κ3) is 2.87. The fraction of sp³-hybridized carbons (Fsp3) is 0.286. The van der Waals surface area contributed by atoms with Crippen molar-refractivity contribution in [2.75, 3.05) is 7.11 Å². The molecule has 0 aliphatic carbocycles. The van der Waals surface area contributed by atoms with Crippen molar-refractivity contribution in [2.45, 2.75) is 19.4 Å².